The third kappa shape index (κ3) is 3.74. The molecule has 6 heteroatoms. The number of likely N-dealkylation sites (tertiary alicyclic amines) is 1. The summed E-state index contributed by atoms with van der Waals surface area (Å²) in [7, 11) is 0. The highest BCUT2D eigenvalue weighted by Crippen LogP contribution is 2.35. The summed E-state index contributed by atoms with van der Waals surface area (Å²) in [6.45, 7) is -0.250. The Morgan fingerprint density at radius 3 is 2.00 bits per heavy atom. The van der Waals surface area contributed by atoms with Crippen molar-refractivity contribution in [3.05, 3.63) is 77.9 Å². The smallest absolute Gasteiger partial charge is 0.255 e. The number of fused-ring (bicyclic) bond motifs is 1. The minimum Gasteiger partial charge on any atom is -0.322 e. The molecule has 1 saturated heterocycles. The van der Waals surface area contributed by atoms with Crippen molar-refractivity contribution in [2.75, 3.05) is 11.9 Å². The summed E-state index contributed by atoms with van der Waals surface area (Å²) in [6, 6.07) is 15.3. The van der Waals surface area contributed by atoms with E-state index in [1.807, 2.05) is 18.2 Å². The predicted molar refractivity (Wildman–Crippen MR) is 107 cm³/mol. The molecule has 146 valence electrons. The van der Waals surface area contributed by atoms with Gasteiger partial charge in [-0.1, -0.05) is 30.4 Å². The largest absolute Gasteiger partial charge is 0.322 e. The van der Waals surface area contributed by atoms with Crippen molar-refractivity contribution in [2.24, 2.45) is 11.8 Å². The van der Waals surface area contributed by atoms with Crippen LogP contribution in [0.2, 0.25) is 0 Å². The van der Waals surface area contributed by atoms with Gasteiger partial charge >= 0.3 is 0 Å². The summed E-state index contributed by atoms with van der Waals surface area (Å²) in [5.41, 5.74) is 1.48. The number of nitrogens with one attached hydrogen (secondary N) is 1. The first kappa shape index (κ1) is 18.8. The van der Waals surface area contributed by atoms with Crippen molar-refractivity contribution < 1.29 is 19.2 Å². The first-order valence-corrected chi connectivity index (χ1v) is 9.54. The zero-order valence-electron chi connectivity index (χ0n) is 15.7. The molecule has 1 aliphatic heterocycles. The lowest BCUT2D eigenvalue weighted by atomic mass is 9.85. The number of anilines is 1. The van der Waals surface area contributed by atoms with Crippen LogP contribution in [0.3, 0.4) is 0 Å². The summed E-state index contributed by atoms with van der Waals surface area (Å²) >= 11 is 0. The maximum absolute atomic E-state index is 12.6. The molecular formula is C23H20N2O4. The van der Waals surface area contributed by atoms with Crippen LogP contribution in [-0.4, -0.2) is 34.9 Å². The molecular weight excluding hydrogens is 368 g/mol. The number of amides is 3. The van der Waals surface area contributed by atoms with Gasteiger partial charge in [0.1, 0.15) is 0 Å². The number of allylic oxidation sites excluding steroid dienone is 2. The Hall–Kier alpha value is -3.54. The van der Waals surface area contributed by atoms with E-state index in [0.717, 1.165) is 4.90 Å². The van der Waals surface area contributed by atoms with Gasteiger partial charge < -0.3 is 5.32 Å². The average molecular weight is 388 g/mol. The van der Waals surface area contributed by atoms with Crippen molar-refractivity contribution in [3.8, 4) is 0 Å². The van der Waals surface area contributed by atoms with Crippen LogP contribution < -0.4 is 5.32 Å². The molecule has 2 atom stereocenters. The monoisotopic (exact) mass is 388 g/mol. The van der Waals surface area contributed by atoms with Crippen molar-refractivity contribution in [2.45, 2.75) is 12.8 Å². The number of rotatable bonds is 5. The number of hydrogen-bond acceptors (Lipinski definition) is 4. The highest BCUT2D eigenvalue weighted by molar-refractivity contribution is 6.10. The summed E-state index contributed by atoms with van der Waals surface area (Å²) in [6.07, 6.45) is 4.94. The Bertz CT molecular complexity index is 969. The first-order valence-electron chi connectivity index (χ1n) is 9.54. The van der Waals surface area contributed by atoms with E-state index in [9.17, 15) is 19.2 Å². The molecule has 2 aliphatic rings. The van der Waals surface area contributed by atoms with E-state index >= 15 is 0 Å². The molecule has 2 aromatic rings. The van der Waals surface area contributed by atoms with Crippen molar-refractivity contribution in [1.29, 1.82) is 0 Å². The summed E-state index contributed by atoms with van der Waals surface area (Å²) in [5, 5.41) is 2.77. The molecule has 0 bridgehead atoms. The normalized spacial score (nSPS) is 20.5. The molecule has 1 fully saturated rings. The first-order chi connectivity index (χ1) is 14.0. The van der Waals surface area contributed by atoms with Crippen LogP contribution in [0.1, 0.15) is 33.6 Å². The maximum atomic E-state index is 12.6. The van der Waals surface area contributed by atoms with Crippen LogP contribution in [-0.2, 0) is 9.59 Å². The van der Waals surface area contributed by atoms with Gasteiger partial charge in [-0.3, -0.25) is 24.1 Å². The average Bonchev–Trinajstić information content (AvgIpc) is 3.00. The van der Waals surface area contributed by atoms with Gasteiger partial charge in [0.15, 0.2) is 5.78 Å². The second-order valence-electron chi connectivity index (χ2n) is 7.24. The maximum Gasteiger partial charge on any atom is 0.255 e. The van der Waals surface area contributed by atoms with E-state index < -0.39 is 0 Å². The Kier molecular flexibility index (Phi) is 5.08. The molecule has 0 radical (unpaired) electrons. The number of ketones is 1. The van der Waals surface area contributed by atoms with E-state index in [1.165, 1.54) is 0 Å². The lowest BCUT2D eigenvalue weighted by molar-refractivity contribution is -0.139. The third-order valence-corrected chi connectivity index (χ3v) is 5.40. The third-order valence-electron chi connectivity index (χ3n) is 5.40. The minimum absolute atomic E-state index is 0.242. The Morgan fingerprint density at radius 1 is 0.828 bits per heavy atom. The fourth-order valence-corrected chi connectivity index (χ4v) is 3.79. The predicted octanol–water partition coefficient (Wildman–Crippen LogP) is 3.07. The van der Waals surface area contributed by atoms with Gasteiger partial charge in [0.25, 0.3) is 5.91 Å². The van der Waals surface area contributed by atoms with Crippen LogP contribution in [0.15, 0.2) is 66.7 Å². The fourth-order valence-electron chi connectivity index (χ4n) is 3.79. The number of carbonyl (C=O) groups is 4. The number of hydrogen-bond donors (Lipinski definition) is 1. The van der Waals surface area contributed by atoms with Gasteiger partial charge in [0, 0.05) is 16.8 Å². The van der Waals surface area contributed by atoms with Gasteiger partial charge in [-0.15, -0.1) is 0 Å². The van der Waals surface area contributed by atoms with E-state index in [2.05, 4.69) is 5.32 Å². The molecule has 2 aromatic carbocycles. The molecule has 4 rings (SSSR count). The van der Waals surface area contributed by atoms with Gasteiger partial charge in [0.2, 0.25) is 11.8 Å². The van der Waals surface area contributed by atoms with Crippen LogP contribution in [0.5, 0.6) is 0 Å². The van der Waals surface area contributed by atoms with Crippen molar-refractivity contribution in [3.63, 3.8) is 0 Å². The van der Waals surface area contributed by atoms with Crippen LogP contribution in [0.4, 0.5) is 5.69 Å². The standard InChI is InChI=1S/C23H20N2O4/c26-20(14-25-22(28)18-8-4-5-9-19(18)23(25)29)15-10-12-17(13-11-15)24-21(27)16-6-2-1-3-7-16/h1-7,10-13,18-19H,8-9,14H2,(H,24,27)/t18-,19-/m0/s1. The second-order valence-corrected chi connectivity index (χ2v) is 7.24. The second kappa shape index (κ2) is 7.83. The molecule has 0 aromatic heterocycles. The highest BCUT2D eigenvalue weighted by atomic mass is 16.2. The lowest BCUT2D eigenvalue weighted by Gasteiger charge is -2.14. The Balaban J connectivity index is 1.40. The topological polar surface area (TPSA) is 83.6 Å². The molecule has 6 nitrogen and oxygen atoms in total. The zero-order valence-corrected chi connectivity index (χ0v) is 15.7. The molecule has 29 heavy (non-hydrogen) atoms. The fraction of sp³-hybridized carbons (Fsp3) is 0.217. The summed E-state index contributed by atoms with van der Waals surface area (Å²) in [4.78, 5) is 50.9. The molecule has 0 unspecified atom stereocenters. The molecule has 3 amide bonds. The molecule has 1 heterocycles. The zero-order chi connectivity index (χ0) is 20.4. The van der Waals surface area contributed by atoms with Gasteiger partial charge in [-0.05, 0) is 49.2 Å². The number of Topliss-reactive ketones (excluding diaryl/α,β-unsaturated/α-hetero) is 1. The number of carbonyl (C=O) groups excluding carboxylic acids is 4. The molecule has 0 spiro atoms. The molecule has 1 N–H and O–H groups in total. The van der Waals surface area contributed by atoms with Gasteiger partial charge in [0.05, 0.1) is 18.4 Å². The highest BCUT2D eigenvalue weighted by Gasteiger charge is 2.47. The summed E-state index contributed by atoms with van der Waals surface area (Å²) in [5.74, 6) is -1.74. The SMILES string of the molecule is O=C(CN1C(=O)[C@H]2CC=CC[C@@H]2C1=O)c1ccc(NC(=O)c2ccccc2)cc1. The van der Waals surface area contributed by atoms with E-state index in [4.69, 9.17) is 0 Å². The Morgan fingerprint density at radius 2 is 1.41 bits per heavy atom. The summed E-state index contributed by atoms with van der Waals surface area (Å²) < 4.78 is 0. The van der Waals surface area contributed by atoms with E-state index in [-0.39, 0.29) is 41.9 Å². The van der Waals surface area contributed by atoms with Crippen LogP contribution >= 0.6 is 0 Å². The number of benzene rings is 2. The van der Waals surface area contributed by atoms with E-state index in [1.54, 1.807) is 48.5 Å². The molecule has 0 saturated carbocycles. The van der Waals surface area contributed by atoms with Crippen molar-refractivity contribution in [1.82, 2.24) is 4.90 Å². The number of imide groups is 1. The molecule has 1 aliphatic carbocycles. The van der Waals surface area contributed by atoms with Gasteiger partial charge in [-0.25, -0.2) is 0 Å². The van der Waals surface area contributed by atoms with E-state index in [0.29, 0.717) is 29.7 Å². The minimum atomic E-state index is -0.337. The quantitative estimate of drug-likeness (QED) is 0.485. The van der Waals surface area contributed by atoms with Crippen LogP contribution in [0, 0.1) is 11.8 Å². The Labute approximate surface area is 168 Å². The number of nitrogens with zero attached hydrogens (tertiary/aromatic N) is 1. The van der Waals surface area contributed by atoms with Crippen LogP contribution in [0.25, 0.3) is 0 Å². The van der Waals surface area contributed by atoms with Crippen molar-refractivity contribution >= 4 is 29.2 Å². The van der Waals surface area contributed by atoms with Gasteiger partial charge in [-0.2, -0.15) is 0 Å². The lowest BCUT2D eigenvalue weighted by Crippen LogP contribution is -2.36.